The van der Waals surface area contributed by atoms with Crippen LogP contribution in [0.1, 0.15) is 38.5 Å². The molecule has 0 spiro atoms. The molecular formula is C14H19ClF4N2O2S. The maximum Gasteiger partial charge on any atom is 0.246 e. The molecule has 2 rings (SSSR count). The van der Waals surface area contributed by atoms with Crippen molar-refractivity contribution < 1.29 is 26.0 Å². The van der Waals surface area contributed by atoms with Crippen molar-refractivity contribution in [3.8, 4) is 0 Å². The van der Waals surface area contributed by atoms with Crippen LogP contribution in [0.5, 0.6) is 0 Å². The summed E-state index contributed by atoms with van der Waals surface area (Å²) in [5, 5.41) is 0. The Morgan fingerprint density at radius 1 is 1.00 bits per heavy atom. The minimum atomic E-state index is -4.78. The molecule has 0 aliphatic heterocycles. The van der Waals surface area contributed by atoms with Crippen molar-refractivity contribution in [2.75, 3.05) is 6.54 Å². The number of rotatable bonds is 4. The molecule has 0 unspecified atom stereocenters. The van der Waals surface area contributed by atoms with Crippen molar-refractivity contribution in [3.63, 3.8) is 0 Å². The first kappa shape index (κ1) is 21.1. The van der Waals surface area contributed by atoms with Gasteiger partial charge in [-0.05, 0) is 12.8 Å². The smallest absolute Gasteiger partial charge is 0.246 e. The molecule has 0 aromatic heterocycles. The van der Waals surface area contributed by atoms with Crippen molar-refractivity contribution in [2.24, 2.45) is 5.73 Å². The Labute approximate surface area is 144 Å². The Morgan fingerprint density at radius 3 is 1.92 bits per heavy atom. The summed E-state index contributed by atoms with van der Waals surface area (Å²) in [5.41, 5.74) is 5.27. The van der Waals surface area contributed by atoms with Gasteiger partial charge in [-0.2, -0.15) is 0 Å². The normalized spacial score (nSPS) is 17.9. The van der Waals surface area contributed by atoms with Gasteiger partial charge < -0.3 is 5.73 Å². The molecule has 1 aliphatic carbocycles. The summed E-state index contributed by atoms with van der Waals surface area (Å²) in [6.07, 6.45) is 4.69. The number of hydrogen-bond donors (Lipinski definition) is 2. The molecule has 0 saturated heterocycles. The molecule has 1 aromatic carbocycles. The van der Waals surface area contributed by atoms with E-state index in [-0.39, 0.29) is 25.0 Å². The predicted octanol–water partition coefficient (Wildman–Crippen LogP) is 2.99. The van der Waals surface area contributed by atoms with Crippen molar-refractivity contribution in [1.82, 2.24) is 4.72 Å². The van der Waals surface area contributed by atoms with Gasteiger partial charge in [-0.25, -0.2) is 30.7 Å². The molecule has 4 nitrogen and oxygen atoms in total. The maximum absolute atomic E-state index is 13.6. The van der Waals surface area contributed by atoms with Gasteiger partial charge in [-0.15, -0.1) is 12.4 Å². The van der Waals surface area contributed by atoms with Crippen LogP contribution in [-0.2, 0) is 10.0 Å². The third-order valence-corrected chi connectivity index (χ3v) is 5.47. The van der Waals surface area contributed by atoms with Crippen LogP contribution in [0, 0.1) is 23.3 Å². The van der Waals surface area contributed by atoms with Crippen LogP contribution in [0.4, 0.5) is 17.6 Å². The first-order chi connectivity index (χ1) is 10.7. The molecule has 1 saturated carbocycles. The summed E-state index contributed by atoms with van der Waals surface area (Å²) >= 11 is 0. The summed E-state index contributed by atoms with van der Waals surface area (Å²) in [6.45, 7) is -0.258. The van der Waals surface area contributed by atoms with Crippen molar-refractivity contribution in [3.05, 3.63) is 29.3 Å². The minimum Gasteiger partial charge on any atom is -0.324 e. The molecule has 1 aliphatic rings. The third kappa shape index (κ3) is 4.59. The van der Waals surface area contributed by atoms with Gasteiger partial charge in [0.2, 0.25) is 10.0 Å². The van der Waals surface area contributed by atoms with Crippen LogP contribution in [0.25, 0.3) is 0 Å². The number of nitrogens with two attached hydrogens (primary N) is 1. The van der Waals surface area contributed by atoms with Crippen LogP contribution in [-0.4, -0.2) is 20.5 Å². The van der Waals surface area contributed by atoms with Gasteiger partial charge in [-0.1, -0.05) is 25.7 Å². The third-order valence-electron chi connectivity index (χ3n) is 4.05. The summed E-state index contributed by atoms with van der Waals surface area (Å²) < 4.78 is 79.7. The molecule has 0 amide bonds. The topological polar surface area (TPSA) is 72.2 Å². The second-order valence-corrected chi connectivity index (χ2v) is 7.60. The second kappa shape index (κ2) is 7.99. The van der Waals surface area contributed by atoms with E-state index in [9.17, 15) is 26.0 Å². The number of sulfonamides is 1. The molecule has 138 valence electrons. The predicted molar refractivity (Wildman–Crippen MR) is 83.3 cm³/mol. The van der Waals surface area contributed by atoms with Crippen LogP contribution in [0.2, 0.25) is 0 Å². The van der Waals surface area contributed by atoms with Gasteiger partial charge >= 0.3 is 0 Å². The lowest BCUT2D eigenvalue weighted by atomic mass is 9.92. The lowest BCUT2D eigenvalue weighted by Gasteiger charge is -2.28. The van der Waals surface area contributed by atoms with Crippen LogP contribution >= 0.6 is 12.4 Å². The maximum atomic E-state index is 13.6. The average Bonchev–Trinajstić information content (AvgIpc) is 2.69. The van der Waals surface area contributed by atoms with Crippen molar-refractivity contribution in [2.45, 2.75) is 49.0 Å². The molecule has 10 heteroatoms. The van der Waals surface area contributed by atoms with Gasteiger partial charge in [0, 0.05) is 18.2 Å². The lowest BCUT2D eigenvalue weighted by Crippen LogP contribution is -2.49. The largest absolute Gasteiger partial charge is 0.324 e. The van der Waals surface area contributed by atoms with E-state index in [2.05, 4.69) is 0 Å². The first-order valence-electron chi connectivity index (χ1n) is 7.28. The van der Waals surface area contributed by atoms with E-state index in [0.29, 0.717) is 12.8 Å². The molecule has 0 heterocycles. The number of nitrogens with one attached hydrogen (secondary N) is 1. The van der Waals surface area contributed by atoms with E-state index in [1.165, 1.54) is 0 Å². The highest BCUT2D eigenvalue weighted by Gasteiger charge is 2.33. The summed E-state index contributed by atoms with van der Waals surface area (Å²) in [6, 6.07) is -0.0423. The van der Waals surface area contributed by atoms with E-state index in [4.69, 9.17) is 5.73 Å². The number of halogens is 5. The highest BCUT2D eigenvalue weighted by atomic mass is 35.5. The van der Waals surface area contributed by atoms with E-state index in [0.717, 1.165) is 25.7 Å². The highest BCUT2D eigenvalue weighted by molar-refractivity contribution is 7.89. The van der Waals surface area contributed by atoms with Crippen LogP contribution in [0.3, 0.4) is 0 Å². The number of benzene rings is 1. The molecule has 24 heavy (non-hydrogen) atoms. The molecule has 1 fully saturated rings. The first-order valence-corrected chi connectivity index (χ1v) is 8.76. The van der Waals surface area contributed by atoms with Crippen LogP contribution < -0.4 is 10.5 Å². The van der Waals surface area contributed by atoms with E-state index < -0.39 is 43.7 Å². The standard InChI is InChI=1S/C14H18F4N2O2S.ClH/c15-9-7-10(16)12(18)13(11(9)17)23(21,22)20-8-14(19)5-3-1-2-4-6-14;/h7,20H,1-6,8,19H2;1H. The fraction of sp³-hybridized carbons (Fsp3) is 0.571. The Kier molecular flexibility index (Phi) is 7.04. The van der Waals surface area contributed by atoms with Gasteiger partial charge in [0.25, 0.3) is 0 Å². The van der Waals surface area contributed by atoms with Crippen LogP contribution in [0.15, 0.2) is 11.0 Å². The lowest BCUT2D eigenvalue weighted by molar-refractivity contribution is 0.367. The van der Waals surface area contributed by atoms with Crippen molar-refractivity contribution >= 4 is 22.4 Å². The van der Waals surface area contributed by atoms with E-state index >= 15 is 0 Å². The quantitative estimate of drug-likeness (QED) is 0.471. The SMILES string of the molecule is Cl.NC1(CNS(=O)(=O)c2c(F)c(F)cc(F)c2F)CCCCCC1. The van der Waals surface area contributed by atoms with E-state index in [1.54, 1.807) is 0 Å². The fourth-order valence-electron chi connectivity index (χ4n) is 2.71. The molecule has 0 bridgehead atoms. The average molecular weight is 391 g/mol. The van der Waals surface area contributed by atoms with Crippen molar-refractivity contribution in [1.29, 1.82) is 0 Å². The summed E-state index contributed by atoms with van der Waals surface area (Å²) in [4.78, 5) is -1.66. The number of hydrogen-bond acceptors (Lipinski definition) is 3. The Bertz CT molecular complexity index is 666. The second-order valence-electron chi connectivity index (χ2n) is 5.90. The molecule has 1 aromatic rings. The summed E-state index contributed by atoms with van der Waals surface area (Å²) in [5.74, 6) is -7.46. The van der Waals surface area contributed by atoms with Gasteiger partial charge in [0.15, 0.2) is 28.2 Å². The van der Waals surface area contributed by atoms with E-state index in [1.807, 2.05) is 4.72 Å². The van der Waals surface area contributed by atoms with Gasteiger partial charge in [-0.3, -0.25) is 0 Å². The molecule has 0 atom stereocenters. The summed E-state index contributed by atoms with van der Waals surface area (Å²) in [7, 11) is -4.78. The molecular weight excluding hydrogens is 372 g/mol. The zero-order valence-corrected chi connectivity index (χ0v) is 14.4. The zero-order chi connectivity index (χ0) is 17.3. The highest BCUT2D eigenvalue weighted by Crippen LogP contribution is 2.27. The fourth-order valence-corrected chi connectivity index (χ4v) is 4.00. The molecule has 0 radical (unpaired) electrons. The van der Waals surface area contributed by atoms with Gasteiger partial charge in [0.05, 0.1) is 0 Å². The monoisotopic (exact) mass is 390 g/mol. The van der Waals surface area contributed by atoms with Gasteiger partial charge in [0.1, 0.15) is 0 Å². The Balaban J connectivity index is 0.00000288. The Morgan fingerprint density at radius 2 is 1.46 bits per heavy atom. The zero-order valence-electron chi connectivity index (χ0n) is 12.7. The molecule has 3 N–H and O–H groups in total. The minimum absolute atomic E-state index is 0. The Hall–Kier alpha value is -0.900.